The molecule has 0 unspecified atom stereocenters. The summed E-state index contributed by atoms with van der Waals surface area (Å²) in [6.07, 6.45) is 0. The Morgan fingerprint density at radius 2 is 2.38 bits per heavy atom. The highest BCUT2D eigenvalue weighted by Gasteiger charge is 2.05. The average molecular weight is 211 g/mol. The predicted octanol–water partition coefficient (Wildman–Crippen LogP) is 1.31. The minimum Gasteiger partial charge on any atom is -0.430 e. The van der Waals surface area contributed by atoms with Crippen molar-refractivity contribution in [3.63, 3.8) is 0 Å². The summed E-state index contributed by atoms with van der Waals surface area (Å²) in [6.45, 7) is 0. The molecular formula is C7H5N3OS2. The fourth-order valence-electron chi connectivity index (χ4n) is 0.969. The summed E-state index contributed by atoms with van der Waals surface area (Å²) in [4.78, 5) is 0. The van der Waals surface area contributed by atoms with Gasteiger partial charge in [0.05, 0.1) is 0 Å². The summed E-state index contributed by atoms with van der Waals surface area (Å²) in [7, 11) is 0. The van der Waals surface area contributed by atoms with Gasteiger partial charge in [-0.15, -0.1) is 5.10 Å². The van der Waals surface area contributed by atoms with Gasteiger partial charge >= 0.3 is 0 Å². The standard InChI is InChI=1S/C7H5N3OS2/c8-7(12)11-5-3-1-2-4-6(5)13-10-9-4/h1-3H,(H2,8,12). The van der Waals surface area contributed by atoms with E-state index in [1.807, 2.05) is 12.1 Å². The van der Waals surface area contributed by atoms with Crippen LogP contribution >= 0.6 is 23.8 Å². The van der Waals surface area contributed by atoms with Crippen molar-refractivity contribution < 1.29 is 4.74 Å². The number of nitrogens with zero attached hydrogens (tertiary/aromatic N) is 2. The number of benzene rings is 1. The molecule has 13 heavy (non-hydrogen) atoms. The summed E-state index contributed by atoms with van der Waals surface area (Å²) in [5.74, 6) is 0.611. The fourth-order valence-corrected chi connectivity index (χ4v) is 1.67. The second-order valence-corrected chi connectivity index (χ2v) is 3.45. The van der Waals surface area contributed by atoms with E-state index in [-0.39, 0.29) is 5.17 Å². The van der Waals surface area contributed by atoms with E-state index in [1.165, 1.54) is 11.5 Å². The summed E-state index contributed by atoms with van der Waals surface area (Å²) < 4.78 is 9.78. The van der Waals surface area contributed by atoms with Crippen LogP contribution in [0.1, 0.15) is 0 Å². The summed E-state index contributed by atoms with van der Waals surface area (Å²) in [5.41, 5.74) is 6.05. The Balaban J connectivity index is 2.54. The molecular weight excluding hydrogens is 206 g/mol. The zero-order valence-corrected chi connectivity index (χ0v) is 8.06. The van der Waals surface area contributed by atoms with E-state index in [2.05, 4.69) is 21.8 Å². The molecule has 2 aromatic rings. The van der Waals surface area contributed by atoms with Crippen molar-refractivity contribution in [2.24, 2.45) is 5.73 Å². The lowest BCUT2D eigenvalue weighted by molar-refractivity contribution is 0.565. The Labute approximate surface area is 83.5 Å². The van der Waals surface area contributed by atoms with E-state index in [9.17, 15) is 0 Å². The van der Waals surface area contributed by atoms with Crippen LogP contribution in [0.25, 0.3) is 10.2 Å². The Bertz CT molecular complexity index is 454. The van der Waals surface area contributed by atoms with Crippen LogP contribution in [-0.4, -0.2) is 14.8 Å². The maximum Gasteiger partial charge on any atom is 0.259 e. The van der Waals surface area contributed by atoms with Crippen LogP contribution in [0.5, 0.6) is 5.75 Å². The van der Waals surface area contributed by atoms with Crippen LogP contribution in [0.15, 0.2) is 18.2 Å². The van der Waals surface area contributed by atoms with E-state index < -0.39 is 0 Å². The molecule has 0 fully saturated rings. The lowest BCUT2D eigenvalue weighted by Gasteiger charge is -2.01. The van der Waals surface area contributed by atoms with Crippen LogP contribution in [0.4, 0.5) is 0 Å². The van der Waals surface area contributed by atoms with Crippen LogP contribution < -0.4 is 10.5 Å². The van der Waals surface area contributed by atoms with Gasteiger partial charge in [0.25, 0.3) is 5.17 Å². The molecule has 0 aliphatic rings. The van der Waals surface area contributed by atoms with Crippen molar-refractivity contribution >= 4 is 39.1 Å². The first-order chi connectivity index (χ1) is 6.27. The molecule has 0 amide bonds. The molecule has 0 spiro atoms. The first-order valence-corrected chi connectivity index (χ1v) is 4.64. The number of nitrogens with two attached hydrogens (primary N) is 1. The number of fused-ring (bicyclic) bond motifs is 1. The van der Waals surface area contributed by atoms with Gasteiger partial charge in [0, 0.05) is 0 Å². The third kappa shape index (κ3) is 1.58. The molecule has 0 aliphatic carbocycles. The number of ether oxygens (including phenoxy) is 1. The molecule has 0 atom stereocenters. The van der Waals surface area contributed by atoms with Gasteiger partial charge in [0.15, 0.2) is 5.75 Å². The monoisotopic (exact) mass is 211 g/mol. The first kappa shape index (κ1) is 8.33. The van der Waals surface area contributed by atoms with Crippen LogP contribution in [0, 0.1) is 0 Å². The third-order valence-corrected chi connectivity index (χ3v) is 2.29. The van der Waals surface area contributed by atoms with Gasteiger partial charge in [-0.1, -0.05) is 10.6 Å². The van der Waals surface area contributed by atoms with Crippen molar-refractivity contribution in [1.82, 2.24) is 9.59 Å². The second-order valence-electron chi connectivity index (χ2n) is 2.30. The largest absolute Gasteiger partial charge is 0.430 e. The lowest BCUT2D eigenvalue weighted by atomic mass is 10.3. The molecule has 0 aliphatic heterocycles. The average Bonchev–Trinajstić information content (AvgIpc) is 2.51. The van der Waals surface area contributed by atoms with Crippen LogP contribution in [0.3, 0.4) is 0 Å². The number of hydrogen-bond donors (Lipinski definition) is 1. The van der Waals surface area contributed by atoms with Gasteiger partial charge < -0.3 is 10.5 Å². The van der Waals surface area contributed by atoms with Crippen molar-refractivity contribution in [3.8, 4) is 5.75 Å². The van der Waals surface area contributed by atoms with E-state index in [1.54, 1.807) is 6.07 Å². The van der Waals surface area contributed by atoms with Crippen molar-refractivity contribution in [2.75, 3.05) is 0 Å². The third-order valence-electron chi connectivity index (χ3n) is 1.45. The smallest absolute Gasteiger partial charge is 0.259 e. The topological polar surface area (TPSA) is 61.0 Å². The molecule has 0 bridgehead atoms. The Kier molecular flexibility index (Phi) is 2.07. The van der Waals surface area contributed by atoms with Crippen molar-refractivity contribution in [3.05, 3.63) is 18.2 Å². The van der Waals surface area contributed by atoms with E-state index in [0.29, 0.717) is 5.75 Å². The number of hydrogen-bond acceptors (Lipinski definition) is 5. The van der Waals surface area contributed by atoms with Gasteiger partial charge in [-0.25, -0.2) is 0 Å². The van der Waals surface area contributed by atoms with Crippen LogP contribution in [-0.2, 0) is 0 Å². The molecule has 0 saturated heterocycles. The SMILES string of the molecule is NC(=S)Oc1cccc2nnsc12. The van der Waals surface area contributed by atoms with Gasteiger partial charge in [-0.2, -0.15) is 0 Å². The minimum atomic E-state index is 0.000833. The zero-order valence-electron chi connectivity index (χ0n) is 6.43. The number of rotatable bonds is 1. The molecule has 1 heterocycles. The van der Waals surface area contributed by atoms with E-state index >= 15 is 0 Å². The normalized spacial score (nSPS) is 10.2. The van der Waals surface area contributed by atoms with Crippen LogP contribution in [0.2, 0.25) is 0 Å². The summed E-state index contributed by atoms with van der Waals surface area (Å²) >= 11 is 5.89. The van der Waals surface area contributed by atoms with E-state index in [0.717, 1.165) is 10.2 Å². The highest BCUT2D eigenvalue weighted by atomic mass is 32.1. The van der Waals surface area contributed by atoms with Crippen molar-refractivity contribution in [1.29, 1.82) is 0 Å². The Hall–Kier alpha value is -1.27. The first-order valence-electron chi connectivity index (χ1n) is 3.46. The van der Waals surface area contributed by atoms with E-state index in [4.69, 9.17) is 10.5 Å². The van der Waals surface area contributed by atoms with Gasteiger partial charge in [-0.05, 0) is 35.9 Å². The molecule has 4 nitrogen and oxygen atoms in total. The molecule has 2 N–H and O–H groups in total. The molecule has 1 aromatic carbocycles. The molecule has 66 valence electrons. The van der Waals surface area contributed by atoms with Gasteiger partial charge in [0.2, 0.25) is 0 Å². The lowest BCUT2D eigenvalue weighted by Crippen LogP contribution is -2.15. The maximum absolute atomic E-state index is 5.26. The minimum absolute atomic E-state index is 0.000833. The molecule has 0 saturated carbocycles. The highest BCUT2D eigenvalue weighted by molar-refractivity contribution is 7.80. The molecule has 2 rings (SSSR count). The molecule has 0 radical (unpaired) electrons. The fraction of sp³-hybridized carbons (Fsp3) is 0. The van der Waals surface area contributed by atoms with Crippen molar-refractivity contribution in [2.45, 2.75) is 0 Å². The Morgan fingerprint density at radius 3 is 3.15 bits per heavy atom. The zero-order chi connectivity index (χ0) is 9.26. The molecule has 6 heteroatoms. The number of thiocarbonyl (C=S) groups is 1. The molecule has 1 aromatic heterocycles. The predicted molar refractivity (Wildman–Crippen MR) is 54.8 cm³/mol. The maximum atomic E-state index is 5.26. The van der Waals surface area contributed by atoms with Gasteiger partial charge in [-0.3, -0.25) is 0 Å². The summed E-state index contributed by atoms with van der Waals surface area (Å²) in [6, 6.07) is 5.45. The Morgan fingerprint density at radius 1 is 1.54 bits per heavy atom. The second kappa shape index (κ2) is 3.23. The van der Waals surface area contributed by atoms with Gasteiger partial charge in [0.1, 0.15) is 10.2 Å². The summed E-state index contributed by atoms with van der Waals surface area (Å²) in [5, 5.41) is 3.89. The quantitative estimate of drug-likeness (QED) is 0.721. The number of aromatic nitrogens is 2. The highest BCUT2D eigenvalue weighted by Crippen LogP contribution is 2.26.